The van der Waals surface area contributed by atoms with Crippen molar-refractivity contribution in [1.82, 2.24) is 14.7 Å². The van der Waals surface area contributed by atoms with E-state index >= 15 is 0 Å². The van der Waals surface area contributed by atoms with E-state index in [1.165, 1.54) is 6.42 Å². The summed E-state index contributed by atoms with van der Waals surface area (Å²) in [5.41, 5.74) is 1.05. The molecule has 1 aliphatic carbocycles. The highest BCUT2D eigenvalue weighted by atomic mass is 32.2. The lowest BCUT2D eigenvalue weighted by Crippen LogP contribution is -2.58. The fraction of sp³-hybridized carbons (Fsp3) is 0.581. The zero-order valence-corrected chi connectivity index (χ0v) is 23.5. The van der Waals surface area contributed by atoms with Crippen LogP contribution in [0.3, 0.4) is 0 Å². The molecule has 1 aromatic rings. The second-order valence-electron chi connectivity index (χ2n) is 11.6. The summed E-state index contributed by atoms with van der Waals surface area (Å²) in [6.07, 6.45) is 14.3. The molecular formula is C31H39N3O4S. The van der Waals surface area contributed by atoms with Crippen LogP contribution in [0, 0.1) is 11.8 Å². The maximum atomic E-state index is 14.5. The first kappa shape index (κ1) is 26.6. The molecule has 4 heterocycles. The topological polar surface area (TPSA) is 81.2 Å². The third kappa shape index (κ3) is 4.34. The summed E-state index contributed by atoms with van der Waals surface area (Å²) in [5.74, 6) is -1.39. The standard InChI is InChI=1S/C31H39N3O4S/c1-2-22(20-35)34-27-30(38)33(23-13-7-4-8-14-23)18-10-16-31(27)26(29(34)37)25-24(39-31)15-9-17-32(28(25)36)19-21-11-5-3-6-12-21/h3,5-6,9-12,15-16,22-27,35H,2,4,7-8,13-14,17-20H2,1H3/t22-,24+,25-,26-,27?,31-/m0/s1. The van der Waals surface area contributed by atoms with Crippen LogP contribution in [0.15, 0.2) is 54.6 Å². The Bertz CT molecular complexity index is 1160. The number of hydrogen-bond acceptors (Lipinski definition) is 5. The molecule has 4 aliphatic heterocycles. The van der Waals surface area contributed by atoms with Crippen molar-refractivity contribution in [3.63, 3.8) is 0 Å². The maximum Gasteiger partial charge on any atom is 0.247 e. The van der Waals surface area contributed by atoms with E-state index in [1.807, 2.05) is 53.1 Å². The fourth-order valence-corrected chi connectivity index (χ4v) is 9.61. The third-order valence-corrected chi connectivity index (χ3v) is 11.3. The summed E-state index contributed by atoms with van der Waals surface area (Å²) in [7, 11) is 0. The molecule has 3 fully saturated rings. The van der Waals surface area contributed by atoms with Crippen molar-refractivity contribution < 1.29 is 19.5 Å². The van der Waals surface area contributed by atoms with Crippen LogP contribution in [-0.4, -0.2) is 85.3 Å². The molecule has 6 rings (SSSR count). The molecule has 2 saturated heterocycles. The minimum absolute atomic E-state index is 0.0174. The molecule has 1 aromatic carbocycles. The van der Waals surface area contributed by atoms with Crippen LogP contribution in [0.5, 0.6) is 0 Å². The summed E-state index contributed by atoms with van der Waals surface area (Å²) < 4.78 is -0.828. The van der Waals surface area contributed by atoms with Crippen molar-refractivity contribution in [3.8, 4) is 0 Å². The van der Waals surface area contributed by atoms with Gasteiger partial charge in [0.05, 0.1) is 29.2 Å². The monoisotopic (exact) mass is 549 g/mol. The van der Waals surface area contributed by atoms with Gasteiger partial charge >= 0.3 is 0 Å². The number of carbonyl (C=O) groups excluding carboxylic acids is 3. The average Bonchev–Trinajstić information content (AvgIpc) is 3.28. The molecule has 0 bridgehead atoms. The van der Waals surface area contributed by atoms with Crippen LogP contribution in [0.25, 0.3) is 0 Å². The van der Waals surface area contributed by atoms with Gasteiger partial charge in [-0.15, -0.1) is 11.8 Å². The SMILES string of the molecule is CC[C@@H](CO)N1C(=O)[C@@H]2[C@H]3C(=O)N(Cc4ccccc4)CC=C[C@H]3S[C@@]23C=CCN(C2CCCCC2)C(=O)C13. The Morgan fingerprint density at radius 2 is 1.77 bits per heavy atom. The second kappa shape index (κ2) is 10.8. The van der Waals surface area contributed by atoms with Crippen molar-refractivity contribution >= 4 is 29.5 Å². The van der Waals surface area contributed by atoms with Crippen LogP contribution in [0.4, 0.5) is 0 Å². The summed E-state index contributed by atoms with van der Waals surface area (Å²) in [6, 6.07) is 8.95. The normalized spacial score (nSPS) is 33.6. The van der Waals surface area contributed by atoms with Gasteiger partial charge in [-0.1, -0.05) is 80.8 Å². The molecular weight excluding hydrogens is 510 g/mol. The maximum absolute atomic E-state index is 14.5. The van der Waals surface area contributed by atoms with Crippen LogP contribution < -0.4 is 0 Å². The van der Waals surface area contributed by atoms with Gasteiger partial charge in [0.25, 0.3) is 0 Å². The molecule has 7 nitrogen and oxygen atoms in total. The number of hydrogen-bond donors (Lipinski definition) is 1. The molecule has 39 heavy (non-hydrogen) atoms. The van der Waals surface area contributed by atoms with Gasteiger partial charge in [-0.25, -0.2) is 0 Å². The van der Waals surface area contributed by atoms with Gasteiger partial charge < -0.3 is 19.8 Å². The highest BCUT2D eigenvalue weighted by molar-refractivity contribution is 8.02. The smallest absolute Gasteiger partial charge is 0.247 e. The lowest BCUT2D eigenvalue weighted by atomic mass is 9.78. The van der Waals surface area contributed by atoms with Gasteiger partial charge in [-0.05, 0) is 24.8 Å². The predicted molar refractivity (Wildman–Crippen MR) is 152 cm³/mol. The van der Waals surface area contributed by atoms with E-state index in [2.05, 4.69) is 18.2 Å². The Kier molecular flexibility index (Phi) is 7.35. The third-order valence-electron chi connectivity index (χ3n) is 9.52. The quantitative estimate of drug-likeness (QED) is 0.551. The highest BCUT2D eigenvalue weighted by Crippen LogP contribution is 2.61. The van der Waals surface area contributed by atoms with E-state index in [0.717, 1.165) is 31.2 Å². The molecule has 1 saturated carbocycles. The Labute approximate surface area is 235 Å². The number of fused-ring (bicyclic) bond motifs is 2. The molecule has 6 atom stereocenters. The number of aliphatic hydroxyl groups is 1. The Balaban J connectivity index is 1.40. The molecule has 208 valence electrons. The number of nitrogens with zero attached hydrogens (tertiary/aromatic N) is 3. The van der Waals surface area contributed by atoms with Crippen LogP contribution in [-0.2, 0) is 20.9 Å². The molecule has 3 amide bonds. The highest BCUT2D eigenvalue weighted by Gasteiger charge is 2.71. The lowest BCUT2D eigenvalue weighted by Gasteiger charge is -2.41. The van der Waals surface area contributed by atoms with Crippen molar-refractivity contribution in [2.45, 2.75) is 80.1 Å². The first-order valence-corrected chi connectivity index (χ1v) is 15.5. The number of carbonyl (C=O) groups is 3. The number of aliphatic hydroxyl groups excluding tert-OH is 1. The van der Waals surface area contributed by atoms with Crippen molar-refractivity contribution in [2.75, 3.05) is 19.7 Å². The van der Waals surface area contributed by atoms with Gasteiger partial charge in [0, 0.05) is 30.9 Å². The van der Waals surface area contributed by atoms with Gasteiger partial charge in [-0.2, -0.15) is 0 Å². The van der Waals surface area contributed by atoms with E-state index in [-0.39, 0.29) is 35.6 Å². The molecule has 1 unspecified atom stereocenters. The van der Waals surface area contributed by atoms with Gasteiger partial charge in [0.15, 0.2) is 0 Å². The summed E-state index contributed by atoms with van der Waals surface area (Å²) >= 11 is 1.62. The zero-order chi connectivity index (χ0) is 27.1. The van der Waals surface area contributed by atoms with E-state index in [0.29, 0.717) is 26.1 Å². The second-order valence-corrected chi connectivity index (χ2v) is 13.1. The number of rotatable bonds is 6. The fourth-order valence-electron chi connectivity index (χ4n) is 7.62. The van der Waals surface area contributed by atoms with Crippen molar-refractivity contribution in [1.29, 1.82) is 0 Å². The summed E-state index contributed by atoms with van der Waals surface area (Å²) in [4.78, 5) is 48.7. The largest absolute Gasteiger partial charge is 0.394 e. The molecule has 1 spiro atoms. The molecule has 0 radical (unpaired) electrons. The minimum atomic E-state index is -0.828. The summed E-state index contributed by atoms with van der Waals surface area (Å²) in [6.45, 7) is 3.26. The molecule has 1 N–H and O–H groups in total. The van der Waals surface area contributed by atoms with Crippen molar-refractivity contribution in [3.05, 3.63) is 60.2 Å². The number of thioether (sulfide) groups is 1. The first-order chi connectivity index (χ1) is 19.0. The van der Waals surface area contributed by atoms with Gasteiger partial charge in [-0.3, -0.25) is 14.4 Å². The van der Waals surface area contributed by atoms with Crippen LogP contribution in [0.2, 0.25) is 0 Å². The number of benzene rings is 1. The van der Waals surface area contributed by atoms with Crippen molar-refractivity contribution in [2.24, 2.45) is 11.8 Å². The number of amides is 3. The van der Waals surface area contributed by atoms with Gasteiger partial charge in [0.1, 0.15) is 6.04 Å². The first-order valence-electron chi connectivity index (χ1n) is 14.6. The number of likely N-dealkylation sites (tertiary alicyclic amines) is 1. The minimum Gasteiger partial charge on any atom is -0.394 e. The molecule has 0 aromatic heterocycles. The van der Waals surface area contributed by atoms with Crippen LogP contribution in [0.1, 0.15) is 51.0 Å². The van der Waals surface area contributed by atoms with Crippen LogP contribution >= 0.6 is 11.8 Å². The zero-order valence-electron chi connectivity index (χ0n) is 22.7. The predicted octanol–water partition coefficient (Wildman–Crippen LogP) is 3.38. The van der Waals surface area contributed by atoms with E-state index in [4.69, 9.17) is 0 Å². The van der Waals surface area contributed by atoms with E-state index in [9.17, 15) is 19.5 Å². The van der Waals surface area contributed by atoms with Gasteiger partial charge in [0.2, 0.25) is 17.7 Å². The Morgan fingerprint density at radius 3 is 2.49 bits per heavy atom. The summed E-state index contributed by atoms with van der Waals surface area (Å²) in [5, 5.41) is 10.2. The lowest BCUT2D eigenvalue weighted by molar-refractivity contribution is -0.148. The van der Waals surface area contributed by atoms with E-state index in [1.54, 1.807) is 16.7 Å². The average molecular weight is 550 g/mol. The molecule has 5 aliphatic rings. The Hall–Kier alpha value is -2.58. The van der Waals surface area contributed by atoms with E-state index < -0.39 is 28.7 Å². The Morgan fingerprint density at radius 1 is 1.00 bits per heavy atom. The molecule has 8 heteroatoms.